The van der Waals surface area contributed by atoms with Crippen molar-refractivity contribution in [1.82, 2.24) is 0 Å². The van der Waals surface area contributed by atoms with Crippen LogP contribution in [0.15, 0.2) is 78.9 Å². The number of rotatable bonds is 12. The van der Waals surface area contributed by atoms with Gasteiger partial charge in [0.25, 0.3) is 0 Å². The highest BCUT2D eigenvalue weighted by atomic mass is 16.4. The first kappa shape index (κ1) is 25.9. The summed E-state index contributed by atoms with van der Waals surface area (Å²) in [5.41, 5.74) is 3.51. The Morgan fingerprint density at radius 2 is 1.68 bits per heavy atom. The van der Waals surface area contributed by atoms with E-state index in [4.69, 9.17) is 5.11 Å². The molecule has 34 heavy (non-hydrogen) atoms. The molecule has 1 fully saturated rings. The number of carboxylic acids is 1. The number of carbonyl (C=O) groups is 1. The van der Waals surface area contributed by atoms with E-state index >= 15 is 0 Å². The van der Waals surface area contributed by atoms with Crippen molar-refractivity contribution < 1.29 is 25.2 Å². The Hall–Kier alpha value is -2.73. The van der Waals surface area contributed by atoms with E-state index in [9.17, 15) is 20.1 Å². The molecule has 0 unspecified atom stereocenters. The van der Waals surface area contributed by atoms with Crippen LogP contribution in [0.2, 0.25) is 0 Å². The van der Waals surface area contributed by atoms with Crippen LogP contribution in [0.1, 0.15) is 44.1 Å². The number of hydrogen-bond donors (Lipinski definition) is 4. The third kappa shape index (κ3) is 7.94. The lowest BCUT2D eigenvalue weighted by Gasteiger charge is -2.19. The number of aliphatic carboxylic acids is 1. The van der Waals surface area contributed by atoms with Crippen LogP contribution in [0.3, 0.4) is 0 Å². The summed E-state index contributed by atoms with van der Waals surface area (Å²) in [7, 11) is 0. The molecule has 1 saturated carbocycles. The minimum Gasteiger partial charge on any atom is -0.481 e. The molecule has 0 bridgehead atoms. The Labute approximate surface area is 202 Å². The van der Waals surface area contributed by atoms with Gasteiger partial charge in [-0.1, -0.05) is 78.9 Å². The molecule has 0 amide bonds. The van der Waals surface area contributed by atoms with Gasteiger partial charge >= 0.3 is 5.97 Å². The minimum atomic E-state index is -0.796. The average molecular weight is 465 g/mol. The predicted octanol–water partition coefficient (Wildman–Crippen LogP) is 4.76. The van der Waals surface area contributed by atoms with E-state index in [1.807, 2.05) is 36.4 Å². The zero-order valence-corrected chi connectivity index (χ0v) is 19.5. The number of unbranched alkanes of at least 4 members (excludes halogenated alkanes) is 1. The molecule has 0 aromatic heterocycles. The Morgan fingerprint density at radius 1 is 0.971 bits per heavy atom. The highest BCUT2D eigenvalue weighted by molar-refractivity contribution is 5.66. The van der Waals surface area contributed by atoms with Gasteiger partial charge in [-0.05, 0) is 54.7 Å². The number of allylic oxidation sites excluding steroid dienone is 2. The lowest BCUT2D eigenvalue weighted by molar-refractivity contribution is -0.137. The van der Waals surface area contributed by atoms with Gasteiger partial charge in [0.1, 0.15) is 0 Å². The normalized spacial score (nSPS) is 23.6. The molecular formula is C29H36O5. The monoisotopic (exact) mass is 464 g/mol. The average Bonchev–Trinajstić information content (AvgIpc) is 3.11. The van der Waals surface area contributed by atoms with Crippen molar-refractivity contribution in [2.24, 2.45) is 11.8 Å². The Bertz CT molecular complexity index is 935. The van der Waals surface area contributed by atoms with Gasteiger partial charge in [0.2, 0.25) is 0 Å². The molecule has 2 aromatic rings. The van der Waals surface area contributed by atoms with E-state index in [0.29, 0.717) is 32.1 Å². The second-order valence-corrected chi connectivity index (χ2v) is 9.16. The molecule has 5 heteroatoms. The predicted molar refractivity (Wildman–Crippen MR) is 134 cm³/mol. The first-order valence-electron chi connectivity index (χ1n) is 12.2. The maximum Gasteiger partial charge on any atom is 0.303 e. The smallest absolute Gasteiger partial charge is 0.303 e. The molecule has 0 aliphatic heterocycles. The zero-order valence-electron chi connectivity index (χ0n) is 19.5. The van der Waals surface area contributed by atoms with Gasteiger partial charge in [0.15, 0.2) is 0 Å². The summed E-state index contributed by atoms with van der Waals surface area (Å²) in [5.74, 6) is -1.12. The van der Waals surface area contributed by atoms with Gasteiger partial charge in [0.05, 0.1) is 18.3 Å². The van der Waals surface area contributed by atoms with Crippen LogP contribution >= 0.6 is 0 Å². The standard InChI is InChI=1S/C29H36O5/c30-24(17-14-21-12-15-23(16-13-21)22-8-4-3-5-9-22)18-19-26-25(27(31)20-28(26)32)10-6-1-2-7-11-29(33)34/h1,3-6,8-9,12-13,15-16,18-19,24-28,30-32H,2,7,10-11,14,17,20H2,(H,33,34)/b6-1-,19-18+/t24-,25+,26+,27-,28+/m0/s1. The fourth-order valence-corrected chi connectivity index (χ4v) is 4.61. The number of hydrogen-bond acceptors (Lipinski definition) is 4. The number of aliphatic hydroxyl groups excluding tert-OH is 3. The van der Waals surface area contributed by atoms with Gasteiger partial charge in [-0.15, -0.1) is 0 Å². The molecule has 2 aromatic carbocycles. The Balaban J connectivity index is 1.47. The van der Waals surface area contributed by atoms with E-state index in [0.717, 1.165) is 12.0 Å². The third-order valence-corrected chi connectivity index (χ3v) is 6.60. The van der Waals surface area contributed by atoms with Gasteiger partial charge in [-0.25, -0.2) is 0 Å². The first-order chi connectivity index (χ1) is 16.4. The highest BCUT2D eigenvalue weighted by Crippen LogP contribution is 2.36. The molecule has 4 N–H and O–H groups in total. The lowest BCUT2D eigenvalue weighted by Crippen LogP contribution is -2.20. The molecule has 0 radical (unpaired) electrons. The fraction of sp³-hybridized carbons (Fsp3) is 0.414. The fourth-order valence-electron chi connectivity index (χ4n) is 4.61. The van der Waals surface area contributed by atoms with Crippen molar-refractivity contribution in [2.45, 2.75) is 63.3 Å². The second kappa shape index (κ2) is 13.2. The number of aryl methyl sites for hydroxylation is 1. The SMILES string of the molecule is O=C(O)CCC/C=C\C[C@@H]1[C@@H](/C=C/[C@@H](O)CCc2ccc(-c3ccccc3)cc2)[C@H](O)C[C@@H]1O. The van der Waals surface area contributed by atoms with Crippen molar-refractivity contribution in [3.63, 3.8) is 0 Å². The van der Waals surface area contributed by atoms with Crippen molar-refractivity contribution in [3.8, 4) is 11.1 Å². The summed E-state index contributed by atoms with van der Waals surface area (Å²) in [5, 5.41) is 39.9. The van der Waals surface area contributed by atoms with Crippen LogP contribution in [0.4, 0.5) is 0 Å². The quantitative estimate of drug-likeness (QED) is 0.268. The lowest BCUT2D eigenvalue weighted by atomic mass is 9.89. The molecule has 0 spiro atoms. The van der Waals surface area contributed by atoms with Crippen molar-refractivity contribution in [3.05, 3.63) is 84.5 Å². The largest absolute Gasteiger partial charge is 0.481 e. The Kier molecular flexibility index (Phi) is 10.1. The van der Waals surface area contributed by atoms with Gasteiger partial charge < -0.3 is 20.4 Å². The minimum absolute atomic E-state index is 0.111. The van der Waals surface area contributed by atoms with Gasteiger partial charge in [-0.3, -0.25) is 4.79 Å². The molecule has 1 aliphatic carbocycles. The molecule has 5 atom stereocenters. The molecule has 3 rings (SSSR count). The first-order valence-corrected chi connectivity index (χ1v) is 12.2. The van der Waals surface area contributed by atoms with Crippen molar-refractivity contribution in [1.29, 1.82) is 0 Å². The molecule has 1 aliphatic rings. The maximum absolute atomic E-state index is 10.6. The summed E-state index contributed by atoms with van der Waals surface area (Å²) in [6, 6.07) is 18.6. The number of aliphatic hydroxyl groups is 3. The Morgan fingerprint density at radius 3 is 2.38 bits per heavy atom. The van der Waals surface area contributed by atoms with E-state index in [1.165, 1.54) is 11.1 Å². The summed E-state index contributed by atoms with van der Waals surface area (Å²) in [6.45, 7) is 0. The summed E-state index contributed by atoms with van der Waals surface area (Å²) in [6.07, 6.45) is 9.36. The molecule has 0 saturated heterocycles. The van der Waals surface area contributed by atoms with Crippen LogP contribution in [0.25, 0.3) is 11.1 Å². The van der Waals surface area contributed by atoms with Crippen molar-refractivity contribution in [2.75, 3.05) is 0 Å². The highest BCUT2D eigenvalue weighted by Gasteiger charge is 2.39. The van der Waals surface area contributed by atoms with Gasteiger partial charge in [0, 0.05) is 18.8 Å². The molecular weight excluding hydrogens is 428 g/mol. The summed E-state index contributed by atoms with van der Waals surface area (Å²) in [4.78, 5) is 10.6. The third-order valence-electron chi connectivity index (χ3n) is 6.60. The van der Waals surface area contributed by atoms with Crippen LogP contribution in [-0.2, 0) is 11.2 Å². The van der Waals surface area contributed by atoms with E-state index in [-0.39, 0.29) is 18.3 Å². The topological polar surface area (TPSA) is 98.0 Å². The van der Waals surface area contributed by atoms with Crippen molar-refractivity contribution >= 4 is 5.97 Å². The number of carboxylic acid groups (broad SMARTS) is 1. The van der Waals surface area contributed by atoms with Crippen LogP contribution in [0, 0.1) is 11.8 Å². The number of benzene rings is 2. The van der Waals surface area contributed by atoms with E-state index < -0.39 is 24.3 Å². The maximum atomic E-state index is 10.6. The second-order valence-electron chi connectivity index (χ2n) is 9.16. The molecule has 182 valence electrons. The molecule has 5 nitrogen and oxygen atoms in total. The molecule has 0 heterocycles. The zero-order chi connectivity index (χ0) is 24.3. The van der Waals surface area contributed by atoms with Crippen LogP contribution in [-0.4, -0.2) is 44.7 Å². The summed E-state index contributed by atoms with van der Waals surface area (Å²) < 4.78 is 0. The van der Waals surface area contributed by atoms with Crippen LogP contribution in [0.5, 0.6) is 0 Å². The van der Waals surface area contributed by atoms with E-state index in [2.05, 4.69) is 36.4 Å². The van der Waals surface area contributed by atoms with Gasteiger partial charge in [-0.2, -0.15) is 0 Å². The summed E-state index contributed by atoms with van der Waals surface area (Å²) >= 11 is 0. The van der Waals surface area contributed by atoms with E-state index in [1.54, 1.807) is 6.08 Å². The van der Waals surface area contributed by atoms with Crippen LogP contribution < -0.4 is 0 Å².